The van der Waals surface area contributed by atoms with Gasteiger partial charge in [-0.2, -0.15) is 0 Å². The van der Waals surface area contributed by atoms with Gasteiger partial charge in [0, 0.05) is 31.6 Å². The third-order valence-electron chi connectivity index (χ3n) is 14.2. The molecule has 0 bridgehead atoms. The number of esters is 2. The molecule has 0 aliphatic heterocycles. The minimum atomic E-state index is -0.626. The van der Waals surface area contributed by atoms with Crippen molar-refractivity contribution in [2.24, 2.45) is 62.6 Å². The molecule has 0 heterocycles. The molecule has 6 nitrogen and oxygen atoms in total. The number of Topliss-reactive ketones (excluding diaryl/α,β-unsaturated/α-hetero) is 1. The van der Waals surface area contributed by atoms with Crippen molar-refractivity contribution in [3.05, 3.63) is 0 Å². The maximum Gasteiger partial charge on any atom is 0.302 e. The first-order valence-electron chi connectivity index (χ1n) is 15.9. The van der Waals surface area contributed by atoms with Gasteiger partial charge in [0.2, 0.25) is 0 Å². The quantitative estimate of drug-likeness (QED) is 0.271. The molecular weight excluding hydrogens is 504 g/mol. The number of hydrogen-bond acceptors (Lipinski definition) is 6. The summed E-state index contributed by atoms with van der Waals surface area (Å²) in [6.07, 6.45) is 11.2. The average molecular weight is 557 g/mol. The largest absolute Gasteiger partial charge is 0.465 e. The van der Waals surface area contributed by atoms with Crippen molar-refractivity contribution in [1.29, 1.82) is 0 Å². The summed E-state index contributed by atoms with van der Waals surface area (Å²) in [5.41, 5.74) is -0.398. The number of carbonyl (C=O) groups excluding carboxylic acids is 4. The first kappa shape index (κ1) is 29.8. The number of ketones is 1. The average Bonchev–Trinajstić information content (AvgIpc) is 3.29. The third-order valence-corrected chi connectivity index (χ3v) is 14.2. The topological polar surface area (TPSA) is 86.7 Å². The van der Waals surface area contributed by atoms with E-state index < -0.39 is 5.41 Å². The normalized spacial score (nSPS) is 48.6. The number of fused-ring (bicyclic) bond motifs is 7. The van der Waals surface area contributed by atoms with E-state index in [1.807, 2.05) is 0 Å². The molecule has 0 N–H and O–H groups in total. The Kier molecular flexibility index (Phi) is 7.39. The molecule has 0 aromatic carbocycles. The molecule has 0 aromatic rings. The zero-order valence-corrected chi connectivity index (χ0v) is 26.0. The van der Waals surface area contributed by atoms with Crippen LogP contribution in [0.5, 0.6) is 0 Å². The summed E-state index contributed by atoms with van der Waals surface area (Å²) in [5.74, 6) is 1.66. The molecule has 0 amide bonds. The van der Waals surface area contributed by atoms with E-state index in [1.165, 1.54) is 13.8 Å². The second-order valence-electron chi connectivity index (χ2n) is 15.7. The summed E-state index contributed by atoms with van der Waals surface area (Å²) < 4.78 is 11.3. The van der Waals surface area contributed by atoms with Crippen molar-refractivity contribution in [3.63, 3.8) is 0 Å². The van der Waals surface area contributed by atoms with E-state index in [4.69, 9.17) is 9.47 Å². The molecule has 0 saturated heterocycles. The van der Waals surface area contributed by atoms with Gasteiger partial charge in [0.25, 0.3) is 0 Å². The lowest BCUT2D eigenvalue weighted by Crippen LogP contribution is -2.67. The van der Waals surface area contributed by atoms with E-state index in [1.54, 1.807) is 0 Å². The van der Waals surface area contributed by atoms with Gasteiger partial charge in [0.1, 0.15) is 18.7 Å². The molecule has 6 heteroatoms. The number of hydrogen-bond donors (Lipinski definition) is 0. The van der Waals surface area contributed by atoms with Crippen LogP contribution >= 0.6 is 0 Å². The van der Waals surface area contributed by atoms with Crippen molar-refractivity contribution in [3.8, 4) is 0 Å². The Morgan fingerprint density at radius 1 is 0.850 bits per heavy atom. The molecule has 11 atom stereocenters. The summed E-state index contributed by atoms with van der Waals surface area (Å²) in [4.78, 5) is 49.2. The zero-order chi connectivity index (χ0) is 29.3. The minimum Gasteiger partial charge on any atom is -0.465 e. The van der Waals surface area contributed by atoms with E-state index in [0.29, 0.717) is 36.7 Å². The van der Waals surface area contributed by atoms with E-state index in [-0.39, 0.29) is 57.8 Å². The van der Waals surface area contributed by atoms with Crippen molar-refractivity contribution in [1.82, 2.24) is 0 Å². The second-order valence-corrected chi connectivity index (χ2v) is 15.7. The molecule has 5 fully saturated rings. The van der Waals surface area contributed by atoms with Gasteiger partial charge in [-0.15, -0.1) is 0 Å². The highest BCUT2D eigenvalue weighted by atomic mass is 16.5. The molecular formula is C34H52O6. The summed E-state index contributed by atoms with van der Waals surface area (Å²) >= 11 is 0. The molecule has 0 radical (unpaired) electrons. The van der Waals surface area contributed by atoms with Gasteiger partial charge in [0.05, 0.1) is 12.0 Å². The Balaban J connectivity index is 1.51. The van der Waals surface area contributed by atoms with E-state index in [2.05, 4.69) is 34.6 Å². The fourth-order valence-electron chi connectivity index (χ4n) is 12.0. The van der Waals surface area contributed by atoms with Crippen LogP contribution in [0.3, 0.4) is 0 Å². The third kappa shape index (κ3) is 4.07. The van der Waals surface area contributed by atoms with Crippen molar-refractivity contribution in [2.75, 3.05) is 13.2 Å². The Morgan fingerprint density at radius 2 is 1.52 bits per heavy atom. The van der Waals surface area contributed by atoms with E-state index in [9.17, 15) is 19.2 Å². The Hall–Kier alpha value is -1.72. The van der Waals surface area contributed by atoms with Crippen LogP contribution in [0.15, 0.2) is 0 Å². The lowest BCUT2D eigenvalue weighted by atomic mass is 9.32. The van der Waals surface area contributed by atoms with Crippen LogP contribution in [0.2, 0.25) is 0 Å². The zero-order valence-electron chi connectivity index (χ0n) is 26.0. The highest BCUT2D eigenvalue weighted by Gasteiger charge is 2.71. The molecule has 0 aromatic heterocycles. The first-order valence-corrected chi connectivity index (χ1v) is 15.9. The van der Waals surface area contributed by atoms with Crippen molar-refractivity contribution >= 4 is 24.0 Å². The molecule has 5 saturated carbocycles. The van der Waals surface area contributed by atoms with Gasteiger partial charge in [0.15, 0.2) is 0 Å². The molecule has 2 unspecified atom stereocenters. The Bertz CT molecular complexity index is 1070. The summed E-state index contributed by atoms with van der Waals surface area (Å²) in [6, 6.07) is 0. The molecule has 5 aliphatic carbocycles. The molecule has 5 rings (SSSR count). The van der Waals surface area contributed by atoms with Gasteiger partial charge < -0.3 is 14.3 Å². The van der Waals surface area contributed by atoms with Gasteiger partial charge in [-0.1, -0.05) is 27.7 Å². The lowest BCUT2D eigenvalue weighted by molar-refractivity contribution is -0.242. The minimum absolute atomic E-state index is 0.0108. The monoisotopic (exact) mass is 556 g/mol. The van der Waals surface area contributed by atoms with Crippen LogP contribution in [0.1, 0.15) is 113 Å². The predicted molar refractivity (Wildman–Crippen MR) is 152 cm³/mol. The standard InChI is InChI=1S/C34H52O6/c1-21(18-35)24-10-15-34(20-40-23(3)37)17-16-32(6)25(29(24)34)8-9-27-30(4)13-12-28(38)31(5,19-39-22(2)36)26(30)11-14-33(27,32)7/h18,21,24-27,29H,8-17,19-20H2,1-7H3/t21?,24-,25+,26+,27+,29+,30-,31?,32+,33+,34+/m0/s1. The Labute approximate surface area is 241 Å². The summed E-state index contributed by atoms with van der Waals surface area (Å²) in [5, 5.41) is 0. The smallest absolute Gasteiger partial charge is 0.302 e. The van der Waals surface area contributed by atoms with Gasteiger partial charge in [-0.05, 0) is 111 Å². The fourth-order valence-corrected chi connectivity index (χ4v) is 12.0. The number of rotatable bonds is 6. The maximum atomic E-state index is 13.4. The van der Waals surface area contributed by atoms with Gasteiger partial charge in [-0.25, -0.2) is 0 Å². The van der Waals surface area contributed by atoms with E-state index in [0.717, 1.165) is 64.1 Å². The van der Waals surface area contributed by atoms with Crippen LogP contribution in [-0.2, 0) is 28.7 Å². The SMILES string of the molecule is CC(=O)OCC1(C)C(=O)CC[C@]2(C)[C@H]3CC[C@@H]4[C@H]5[C@H](C(C)C=O)CC[C@]5(COC(C)=O)CC[C@@]4(C)[C@]3(C)CC[C@@H]12. The van der Waals surface area contributed by atoms with Gasteiger partial charge >= 0.3 is 11.9 Å². The number of carbonyl (C=O) groups is 4. The maximum absolute atomic E-state index is 13.4. The molecule has 224 valence electrons. The van der Waals surface area contributed by atoms with Crippen LogP contribution in [0.25, 0.3) is 0 Å². The first-order chi connectivity index (χ1) is 18.7. The molecule has 5 aliphatic rings. The molecule has 0 spiro atoms. The van der Waals surface area contributed by atoms with Crippen LogP contribution in [-0.4, -0.2) is 37.2 Å². The predicted octanol–water partition coefficient (Wildman–Crippen LogP) is 6.58. The van der Waals surface area contributed by atoms with Crippen LogP contribution < -0.4 is 0 Å². The molecule has 40 heavy (non-hydrogen) atoms. The van der Waals surface area contributed by atoms with Crippen LogP contribution in [0, 0.1) is 62.6 Å². The highest BCUT2D eigenvalue weighted by Crippen LogP contribution is 2.77. The van der Waals surface area contributed by atoms with Crippen LogP contribution in [0.4, 0.5) is 0 Å². The van der Waals surface area contributed by atoms with Gasteiger partial charge in [-0.3, -0.25) is 14.4 Å². The van der Waals surface area contributed by atoms with E-state index >= 15 is 0 Å². The second kappa shape index (κ2) is 9.93. The van der Waals surface area contributed by atoms with Crippen molar-refractivity contribution in [2.45, 2.75) is 113 Å². The number of ether oxygens (including phenoxy) is 2. The summed E-state index contributed by atoms with van der Waals surface area (Å²) in [6.45, 7) is 15.3. The highest BCUT2D eigenvalue weighted by molar-refractivity contribution is 5.86. The lowest BCUT2D eigenvalue weighted by Gasteiger charge is -2.72. The summed E-state index contributed by atoms with van der Waals surface area (Å²) in [7, 11) is 0. The Morgan fingerprint density at radius 3 is 2.17 bits per heavy atom. The number of aldehydes is 1. The fraction of sp³-hybridized carbons (Fsp3) is 0.882. The van der Waals surface area contributed by atoms with Crippen molar-refractivity contribution < 1.29 is 28.7 Å².